The maximum Gasteiger partial charge on any atom is 0.101 e. The Labute approximate surface area is 113 Å². The molecule has 0 saturated carbocycles. The van der Waals surface area contributed by atoms with Crippen LogP contribution in [0.5, 0.6) is 0 Å². The molecule has 1 fully saturated rings. The van der Waals surface area contributed by atoms with Gasteiger partial charge in [-0.15, -0.1) is 0 Å². The van der Waals surface area contributed by atoms with Crippen LogP contribution in [0.15, 0.2) is 18.2 Å². The fourth-order valence-corrected chi connectivity index (χ4v) is 2.52. The van der Waals surface area contributed by atoms with Gasteiger partial charge in [-0.2, -0.15) is 5.26 Å². The Bertz CT molecular complexity index is 470. The van der Waals surface area contributed by atoms with Gasteiger partial charge in [0.15, 0.2) is 0 Å². The van der Waals surface area contributed by atoms with E-state index < -0.39 is 0 Å². The van der Waals surface area contributed by atoms with E-state index in [1.807, 2.05) is 19.2 Å². The number of hydrogen-bond acceptors (Lipinski definition) is 3. The maximum absolute atomic E-state index is 8.86. The highest BCUT2D eigenvalue weighted by atomic mass is 35.5. The molecule has 1 aliphatic rings. The molecule has 0 unspecified atom stereocenters. The summed E-state index contributed by atoms with van der Waals surface area (Å²) < 4.78 is 0. The lowest BCUT2D eigenvalue weighted by Crippen LogP contribution is -2.50. The molecule has 1 aromatic carbocycles. The van der Waals surface area contributed by atoms with Crippen LogP contribution in [0.4, 0.5) is 5.69 Å². The van der Waals surface area contributed by atoms with Crippen LogP contribution < -0.4 is 10.2 Å². The maximum atomic E-state index is 8.86. The van der Waals surface area contributed by atoms with Crippen molar-refractivity contribution in [1.29, 1.82) is 5.26 Å². The van der Waals surface area contributed by atoms with Gasteiger partial charge in [-0.25, -0.2) is 0 Å². The fraction of sp³-hybridized carbons (Fsp3) is 0.500. The molecule has 1 saturated heterocycles. The number of nitrogens with zero attached hydrogens (tertiary/aromatic N) is 2. The van der Waals surface area contributed by atoms with E-state index in [2.05, 4.69) is 23.2 Å². The summed E-state index contributed by atoms with van der Waals surface area (Å²) >= 11 is 6.07. The molecule has 0 aliphatic carbocycles. The first-order chi connectivity index (χ1) is 8.58. The van der Waals surface area contributed by atoms with E-state index in [0.29, 0.717) is 10.6 Å². The van der Waals surface area contributed by atoms with Crippen molar-refractivity contribution in [2.24, 2.45) is 0 Å². The first-order valence-electron chi connectivity index (χ1n) is 6.21. The van der Waals surface area contributed by atoms with Gasteiger partial charge in [-0.1, -0.05) is 11.6 Å². The minimum Gasteiger partial charge on any atom is -0.371 e. The topological polar surface area (TPSA) is 39.1 Å². The molecule has 0 aromatic heterocycles. The summed E-state index contributed by atoms with van der Waals surface area (Å²) in [5.74, 6) is 0. The molecule has 0 spiro atoms. The van der Waals surface area contributed by atoms with E-state index in [4.69, 9.17) is 16.9 Å². The van der Waals surface area contributed by atoms with E-state index in [1.54, 1.807) is 6.07 Å². The van der Waals surface area contributed by atoms with Gasteiger partial charge in [0, 0.05) is 24.3 Å². The third-order valence-electron chi connectivity index (χ3n) is 3.91. The Kier molecular flexibility index (Phi) is 3.79. The Hall–Kier alpha value is -1.24. The average Bonchev–Trinajstić information content (AvgIpc) is 2.39. The molecule has 1 N–H and O–H groups in total. The van der Waals surface area contributed by atoms with Crippen molar-refractivity contribution >= 4 is 17.3 Å². The average molecular weight is 264 g/mol. The number of hydrogen-bond donors (Lipinski definition) is 1. The molecule has 1 aromatic rings. The Morgan fingerprint density at radius 2 is 2.06 bits per heavy atom. The van der Waals surface area contributed by atoms with E-state index in [0.717, 1.165) is 31.6 Å². The number of anilines is 1. The standard InChI is InChI=1S/C14H18ClN3/c1-14(17-2)5-7-18(8-6-14)12-4-3-11(10-16)13(15)9-12/h3-4,9,17H,5-8H2,1-2H3. The molecular formula is C14H18ClN3. The van der Waals surface area contributed by atoms with Crippen molar-refractivity contribution in [2.75, 3.05) is 25.0 Å². The lowest BCUT2D eigenvalue weighted by molar-refractivity contribution is 0.305. The van der Waals surface area contributed by atoms with Crippen LogP contribution in [0.3, 0.4) is 0 Å². The number of nitrogens with one attached hydrogen (secondary N) is 1. The van der Waals surface area contributed by atoms with Gasteiger partial charge in [0.25, 0.3) is 0 Å². The Morgan fingerprint density at radius 3 is 2.56 bits per heavy atom. The highest BCUT2D eigenvalue weighted by Crippen LogP contribution is 2.28. The van der Waals surface area contributed by atoms with Crippen molar-refractivity contribution in [3.63, 3.8) is 0 Å². The normalized spacial score (nSPS) is 18.4. The minimum atomic E-state index is 0.243. The van der Waals surface area contributed by atoms with Crippen molar-refractivity contribution in [2.45, 2.75) is 25.3 Å². The fourth-order valence-electron chi connectivity index (χ4n) is 2.30. The van der Waals surface area contributed by atoms with Crippen LogP contribution in [-0.2, 0) is 0 Å². The lowest BCUT2D eigenvalue weighted by Gasteiger charge is -2.40. The summed E-state index contributed by atoms with van der Waals surface area (Å²) in [5, 5.41) is 12.8. The highest BCUT2D eigenvalue weighted by molar-refractivity contribution is 6.32. The molecule has 0 amide bonds. The van der Waals surface area contributed by atoms with Gasteiger partial charge >= 0.3 is 0 Å². The monoisotopic (exact) mass is 263 g/mol. The summed E-state index contributed by atoms with van der Waals surface area (Å²) in [6.45, 7) is 4.29. The lowest BCUT2D eigenvalue weighted by atomic mass is 9.89. The molecule has 96 valence electrons. The Balaban J connectivity index is 2.11. The van der Waals surface area contributed by atoms with Crippen LogP contribution in [0, 0.1) is 11.3 Å². The quantitative estimate of drug-likeness (QED) is 0.892. The summed E-state index contributed by atoms with van der Waals surface area (Å²) in [6, 6.07) is 7.75. The molecule has 3 nitrogen and oxygen atoms in total. The molecular weight excluding hydrogens is 246 g/mol. The van der Waals surface area contributed by atoms with E-state index >= 15 is 0 Å². The first kappa shape index (κ1) is 13.2. The molecule has 2 rings (SSSR count). The number of rotatable bonds is 2. The second-order valence-electron chi connectivity index (χ2n) is 5.07. The van der Waals surface area contributed by atoms with Crippen molar-refractivity contribution in [3.05, 3.63) is 28.8 Å². The minimum absolute atomic E-state index is 0.243. The summed E-state index contributed by atoms with van der Waals surface area (Å²) in [4.78, 5) is 2.33. The second-order valence-corrected chi connectivity index (χ2v) is 5.48. The van der Waals surface area contributed by atoms with Gasteiger partial charge in [0.2, 0.25) is 0 Å². The van der Waals surface area contributed by atoms with Crippen molar-refractivity contribution < 1.29 is 0 Å². The van der Waals surface area contributed by atoms with Crippen molar-refractivity contribution in [3.8, 4) is 6.07 Å². The predicted molar refractivity (Wildman–Crippen MR) is 75.1 cm³/mol. The van der Waals surface area contributed by atoms with Gasteiger partial charge in [-0.05, 0) is 45.0 Å². The Morgan fingerprint density at radius 1 is 1.39 bits per heavy atom. The molecule has 0 radical (unpaired) electrons. The smallest absolute Gasteiger partial charge is 0.101 e. The molecule has 0 bridgehead atoms. The largest absolute Gasteiger partial charge is 0.371 e. The molecule has 4 heteroatoms. The molecule has 1 heterocycles. The predicted octanol–water partition coefficient (Wildman–Crippen LogP) is 2.79. The highest BCUT2D eigenvalue weighted by Gasteiger charge is 2.28. The third-order valence-corrected chi connectivity index (χ3v) is 4.22. The zero-order valence-corrected chi connectivity index (χ0v) is 11.6. The van der Waals surface area contributed by atoms with Crippen molar-refractivity contribution in [1.82, 2.24) is 5.32 Å². The molecule has 0 atom stereocenters. The number of piperidine rings is 1. The van der Waals surface area contributed by atoms with Gasteiger partial charge < -0.3 is 10.2 Å². The number of nitriles is 1. The number of benzene rings is 1. The van der Waals surface area contributed by atoms with Crippen LogP contribution in [-0.4, -0.2) is 25.7 Å². The SMILES string of the molecule is CNC1(C)CCN(c2ccc(C#N)c(Cl)c2)CC1. The van der Waals surface area contributed by atoms with Crippen LogP contribution in [0.2, 0.25) is 5.02 Å². The van der Waals surface area contributed by atoms with Crippen LogP contribution >= 0.6 is 11.6 Å². The van der Waals surface area contributed by atoms with E-state index in [9.17, 15) is 0 Å². The second kappa shape index (κ2) is 5.17. The zero-order valence-electron chi connectivity index (χ0n) is 10.8. The third kappa shape index (κ3) is 2.60. The van der Waals surface area contributed by atoms with Gasteiger partial charge in [0.05, 0.1) is 10.6 Å². The summed E-state index contributed by atoms with van der Waals surface area (Å²) in [5.41, 5.74) is 1.89. The zero-order chi connectivity index (χ0) is 13.2. The molecule has 18 heavy (non-hydrogen) atoms. The summed E-state index contributed by atoms with van der Waals surface area (Å²) in [6.07, 6.45) is 2.22. The summed E-state index contributed by atoms with van der Waals surface area (Å²) in [7, 11) is 2.02. The van der Waals surface area contributed by atoms with E-state index in [1.165, 1.54) is 0 Å². The number of halogens is 1. The van der Waals surface area contributed by atoms with Crippen LogP contribution in [0.1, 0.15) is 25.3 Å². The van der Waals surface area contributed by atoms with E-state index in [-0.39, 0.29) is 5.54 Å². The first-order valence-corrected chi connectivity index (χ1v) is 6.59. The van der Waals surface area contributed by atoms with Gasteiger partial charge in [0.1, 0.15) is 6.07 Å². The van der Waals surface area contributed by atoms with Gasteiger partial charge in [-0.3, -0.25) is 0 Å². The van der Waals surface area contributed by atoms with Crippen LogP contribution in [0.25, 0.3) is 0 Å². The molecule has 1 aliphatic heterocycles.